The van der Waals surface area contributed by atoms with Crippen molar-refractivity contribution in [2.45, 2.75) is 45.7 Å². The highest BCUT2D eigenvalue weighted by Gasteiger charge is 2.20. The zero-order valence-corrected chi connectivity index (χ0v) is 17.6. The third-order valence-electron chi connectivity index (χ3n) is 4.65. The summed E-state index contributed by atoms with van der Waals surface area (Å²) in [5.74, 6) is 1.78. The lowest BCUT2D eigenvalue weighted by molar-refractivity contribution is 0.147. The molecule has 1 fully saturated rings. The number of hydrogen-bond acceptors (Lipinski definition) is 3. The van der Waals surface area contributed by atoms with Crippen LogP contribution < -0.4 is 10.6 Å². The van der Waals surface area contributed by atoms with E-state index >= 15 is 0 Å². The smallest absolute Gasteiger partial charge is 0.191 e. The van der Waals surface area contributed by atoms with Gasteiger partial charge in [0.1, 0.15) is 0 Å². The molecule has 6 nitrogen and oxygen atoms in total. The van der Waals surface area contributed by atoms with Gasteiger partial charge in [-0.2, -0.15) is 5.10 Å². The number of guanidine groups is 1. The van der Waals surface area contributed by atoms with E-state index < -0.39 is 0 Å². The molecular weight excluding hydrogens is 415 g/mol. The third kappa shape index (κ3) is 7.38. The predicted molar refractivity (Wildman–Crippen MR) is 111 cm³/mol. The maximum Gasteiger partial charge on any atom is 0.191 e. The fourth-order valence-electron chi connectivity index (χ4n) is 2.94. The first kappa shape index (κ1) is 21.2. The van der Waals surface area contributed by atoms with Crippen molar-refractivity contribution in [1.82, 2.24) is 25.3 Å². The number of nitrogens with zero attached hydrogens (tertiary/aromatic N) is 4. The molecule has 0 saturated carbocycles. The highest BCUT2D eigenvalue weighted by atomic mass is 127. The summed E-state index contributed by atoms with van der Waals surface area (Å²) in [6, 6.07) is 2.50. The van der Waals surface area contributed by atoms with Crippen LogP contribution in [0, 0.1) is 5.92 Å². The first-order valence-electron chi connectivity index (χ1n) is 8.85. The van der Waals surface area contributed by atoms with Crippen LogP contribution in [0.1, 0.15) is 33.1 Å². The number of aliphatic imine (C=N–C) groups is 1. The predicted octanol–water partition coefficient (Wildman–Crippen LogP) is 2.18. The van der Waals surface area contributed by atoms with E-state index in [-0.39, 0.29) is 24.0 Å². The van der Waals surface area contributed by atoms with Gasteiger partial charge in [-0.1, -0.05) is 6.92 Å². The number of nitrogens with one attached hydrogen (secondary N) is 2. The summed E-state index contributed by atoms with van der Waals surface area (Å²) in [6.45, 7) is 9.87. The van der Waals surface area contributed by atoms with Gasteiger partial charge in [-0.15, -0.1) is 24.0 Å². The number of piperidine rings is 1. The normalized spacial score (nSPS) is 18.0. The Morgan fingerprint density at radius 3 is 2.71 bits per heavy atom. The Balaban J connectivity index is 0.00000288. The second-order valence-electron chi connectivity index (χ2n) is 6.57. The van der Waals surface area contributed by atoms with Gasteiger partial charge in [0.05, 0.1) is 0 Å². The van der Waals surface area contributed by atoms with Crippen molar-refractivity contribution < 1.29 is 0 Å². The first-order chi connectivity index (χ1) is 11.2. The van der Waals surface area contributed by atoms with Crippen molar-refractivity contribution >= 4 is 29.9 Å². The average Bonchev–Trinajstić information content (AvgIpc) is 3.08. The maximum absolute atomic E-state index is 4.31. The van der Waals surface area contributed by atoms with Gasteiger partial charge < -0.3 is 10.6 Å². The second-order valence-corrected chi connectivity index (χ2v) is 6.57. The lowest BCUT2D eigenvalue weighted by atomic mass is 9.98. The lowest BCUT2D eigenvalue weighted by Crippen LogP contribution is -2.48. The Morgan fingerprint density at radius 1 is 1.33 bits per heavy atom. The molecule has 1 aliphatic heterocycles. The van der Waals surface area contributed by atoms with Gasteiger partial charge in [0.25, 0.3) is 0 Å². The van der Waals surface area contributed by atoms with Gasteiger partial charge in [-0.05, 0) is 51.3 Å². The van der Waals surface area contributed by atoms with Crippen LogP contribution in [0.5, 0.6) is 0 Å². The lowest BCUT2D eigenvalue weighted by Gasteiger charge is -2.35. The average molecular weight is 448 g/mol. The highest BCUT2D eigenvalue weighted by molar-refractivity contribution is 14.0. The number of aryl methyl sites for hydroxylation is 1. The fraction of sp³-hybridized carbons (Fsp3) is 0.765. The number of halogens is 1. The molecular formula is C17H33IN6. The Hall–Kier alpha value is -0.830. The van der Waals surface area contributed by atoms with Gasteiger partial charge in [0, 0.05) is 45.1 Å². The van der Waals surface area contributed by atoms with Gasteiger partial charge in [-0.25, -0.2) is 0 Å². The third-order valence-corrected chi connectivity index (χ3v) is 4.65. The van der Waals surface area contributed by atoms with Crippen LogP contribution in [0.3, 0.4) is 0 Å². The van der Waals surface area contributed by atoms with Gasteiger partial charge >= 0.3 is 0 Å². The van der Waals surface area contributed by atoms with Crippen molar-refractivity contribution in [3.8, 4) is 0 Å². The molecule has 0 spiro atoms. The molecule has 1 aliphatic rings. The SMILES string of the molecule is CN=C(NCCCn1cccn1)NCC(C)N1CCC(C)CC1.I. The summed E-state index contributed by atoms with van der Waals surface area (Å²) in [5.41, 5.74) is 0. The first-order valence-corrected chi connectivity index (χ1v) is 8.85. The summed E-state index contributed by atoms with van der Waals surface area (Å²) in [4.78, 5) is 6.89. The van der Waals surface area contributed by atoms with Crippen molar-refractivity contribution in [3.05, 3.63) is 18.5 Å². The summed E-state index contributed by atoms with van der Waals surface area (Å²) >= 11 is 0. The molecule has 0 aliphatic carbocycles. The molecule has 138 valence electrons. The van der Waals surface area contributed by atoms with Crippen LogP contribution in [0.15, 0.2) is 23.5 Å². The van der Waals surface area contributed by atoms with Crippen molar-refractivity contribution in [2.24, 2.45) is 10.9 Å². The molecule has 0 bridgehead atoms. The second kappa shape index (κ2) is 11.7. The largest absolute Gasteiger partial charge is 0.356 e. The van der Waals surface area contributed by atoms with Crippen LogP contribution in [-0.2, 0) is 6.54 Å². The molecule has 2 heterocycles. The number of aromatic nitrogens is 2. The molecule has 1 atom stereocenters. The van der Waals surface area contributed by atoms with Crippen molar-refractivity contribution in [2.75, 3.05) is 33.2 Å². The van der Waals surface area contributed by atoms with E-state index in [1.807, 2.05) is 30.2 Å². The Morgan fingerprint density at radius 2 is 2.08 bits per heavy atom. The van der Waals surface area contributed by atoms with Crippen LogP contribution in [0.25, 0.3) is 0 Å². The molecule has 24 heavy (non-hydrogen) atoms. The zero-order valence-electron chi connectivity index (χ0n) is 15.2. The maximum atomic E-state index is 4.31. The number of likely N-dealkylation sites (tertiary alicyclic amines) is 1. The molecule has 1 unspecified atom stereocenters. The molecule has 0 radical (unpaired) electrons. The van der Waals surface area contributed by atoms with E-state index in [1.54, 1.807) is 0 Å². The zero-order chi connectivity index (χ0) is 16.5. The van der Waals surface area contributed by atoms with Crippen molar-refractivity contribution in [3.63, 3.8) is 0 Å². The molecule has 7 heteroatoms. The quantitative estimate of drug-likeness (QED) is 0.291. The summed E-state index contributed by atoms with van der Waals surface area (Å²) in [6.07, 6.45) is 7.49. The Labute approximate surface area is 163 Å². The van der Waals surface area contributed by atoms with Crippen LogP contribution in [0.4, 0.5) is 0 Å². The minimum Gasteiger partial charge on any atom is -0.356 e. The van der Waals surface area contributed by atoms with E-state index in [0.29, 0.717) is 6.04 Å². The summed E-state index contributed by atoms with van der Waals surface area (Å²) < 4.78 is 1.96. The van der Waals surface area contributed by atoms with E-state index in [9.17, 15) is 0 Å². The molecule has 1 aromatic heterocycles. The summed E-state index contributed by atoms with van der Waals surface area (Å²) in [5, 5.41) is 11.0. The number of hydrogen-bond donors (Lipinski definition) is 2. The summed E-state index contributed by atoms with van der Waals surface area (Å²) in [7, 11) is 1.83. The van der Waals surface area contributed by atoms with E-state index in [2.05, 4.69) is 39.5 Å². The Kier molecular flexibility index (Phi) is 10.3. The molecule has 1 saturated heterocycles. The Bertz CT molecular complexity index is 454. The highest BCUT2D eigenvalue weighted by Crippen LogP contribution is 2.17. The van der Waals surface area contributed by atoms with E-state index in [4.69, 9.17) is 0 Å². The monoisotopic (exact) mass is 448 g/mol. The topological polar surface area (TPSA) is 57.5 Å². The van der Waals surface area contributed by atoms with Crippen molar-refractivity contribution in [1.29, 1.82) is 0 Å². The molecule has 0 aromatic carbocycles. The minimum atomic E-state index is 0. The molecule has 0 amide bonds. The molecule has 1 aromatic rings. The fourth-order valence-corrected chi connectivity index (χ4v) is 2.94. The van der Waals surface area contributed by atoms with Crippen LogP contribution >= 0.6 is 24.0 Å². The molecule has 2 N–H and O–H groups in total. The molecule has 2 rings (SSSR count). The van der Waals surface area contributed by atoms with E-state index in [1.165, 1.54) is 25.9 Å². The van der Waals surface area contributed by atoms with Gasteiger partial charge in [0.2, 0.25) is 0 Å². The van der Waals surface area contributed by atoms with E-state index in [0.717, 1.165) is 37.9 Å². The van der Waals surface area contributed by atoms with Gasteiger partial charge in [0.15, 0.2) is 5.96 Å². The minimum absolute atomic E-state index is 0. The van der Waals surface area contributed by atoms with Crippen LogP contribution in [-0.4, -0.2) is 59.9 Å². The van der Waals surface area contributed by atoms with Crippen LogP contribution in [0.2, 0.25) is 0 Å². The van der Waals surface area contributed by atoms with Gasteiger partial charge in [-0.3, -0.25) is 14.6 Å². The number of rotatable bonds is 7. The standard InChI is InChI=1S/C17H32N6.HI/c1-15-6-12-22(13-7-15)16(2)14-20-17(18-3)19-8-4-10-23-11-5-9-21-23;/h5,9,11,15-16H,4,6-8,10,12-14H2,1-3H3,(H2,18,19,20);1H.